The van der Waals surface area contributed by atoms with Crippen LogP contribution in [0.3, 0.4) is 0 Å². The quantitative estimate of drug-likeness (QED) is 0.574. The zero-order chi connectivity index (χ0) is 8.77. The highest BCUT2D eigenvalue weighted by Gasteiger charge is 2.54. The van der Waals surface area contributed by atoms with Crippen LogP contribution in [-0.2, 0) is 0 Å². The zero-order valence-corrected chi connectivity index (χ0v) is 7.51. The van der Waals surface area contributed by atoms with Gasteiger partial charge in [-0.2, -0.15) is 5.26 Å². The van der Waals surface area contributed by atoms with Crippen LogP contribution >= 0.6 is 0 Å². The second kappa shape index (κ2) is 2.34. The number of nitriles is 1. The highest BCUT2D eigenvalue weighted by Crippen LogP contribution is 2.58. The molecule has 0 unspecified atom stereocenters. The van der Waals surface area contributed by atoms with E-state index in [2.05, 4.69) is 24.6 Å². The SMILES string of the molecule is C=C(C#N)C1(C2CN(C)C2)CC1. The molecule has 2 fully saturated rings. The Morgan fingerprint density at radius 2 is 2.17 bits per heavy atom. The van der Waals surface area contributed by atoms with Crippen molar-refractivity contribution < 1.29 is 0 Å². The van der Waals surface area contributed by atoms with Gasteiger partial charge in [-0.15, -0.1) is 0 Å². The second-order valence-corrected chi connectivity index (χ2v) is 4.16. The fourth-order valence-corrected chi connectivity index (χ4v) is 2.25. The van der Waals surface area contributed by atoms with Crippen molar-refractivity contribution in [1.29, 1.82) is 5.26 Å². The van der Waals surface area contributed by atoms with E-state index in [1.54, 1.807) is 0 Å². The van der Waals surface area contributed by atoms with Crippen LogP contribution in [0.25, 0.3) is 0 Å². The first-order valence-electron chi connectivity index (χ1n) is 4.47. The smallest absolute Gasteiger partial charge is 0.0946 e. The highest BCUT2D eigenvalue weighted by molar-refractivity contribution is 5.33. The molecule has 0 N–H and O–H groups in total. The molecule has 1 saturated carbocycles. The van der Waals surface area contributed by atoms with Crippen LogP contribution in [0.2, 0.25) is 0 Å². The van der Waals surface area contributed by atoms with Gasteiger partial charge in [-0.1, -0.05) is 6.58 Å². The molecule has 2 heteroatoms. The second-order valence-electron chi connectivity index (χ2n) is 4.16. The van der Waals surface area contributed by atoms with E-state index in [0.717, 1.165) is 24.6 Å². The number of nitrogens with zero attached hydrogens (tertiary/aromatic N) is 2. The zero-order valence-electron chi connectivity index (χ0n) is 7.51. The van der Waals surface area contributed by atoms with Crippen molar-refractivity contribution in [2.45, 2.75) is 12.8 Å². The third-order valence-corrected chi connectivity index (χ3v) is 3.37. The summed E-state index contributed by atoms with van der Waals surface area (Å²) in [6.45, 7) is 6.16. The van der Waals surface area contributed by atoms with Gasteiger partial charge in [0.25, 0.3) is 0 Å². The molecule has 12 heavy (non-hydrogen) atoms. The van der Waals surface area contributed by atoms with Crippen LogP contribution in [0.5, 0.6) is 0 Å². The van der Waals surface area contributed by atoms with E-state index in [9.17, 15) is 0 Å². The standard InChI is InChI=1S/C10H14N2/c1-8(5-11)10(3-4-10)9-6-12(2)7-9/h9H,1,3-4,6-7H2,2H3. The number of rotatable bonds is 2. The van der Waals surface area contributed by atoms with E-state index in [-0.39, 0.29) is 5.41 Å². The first kappa shape index (κ1) is 7.82. The van der Waals surface area contributed by atoms with Crippen molar-refractivity contribution in [2.24, 2.45) is 11.3 Å². The Balaban J connectivity index is 2.04. The maximum atomic E-state index is 8.78. The lowest BCUT2D eigenvalue weighted by molar-refractivity contribution is 0.0877. The van der Waals surface area contributed by atoms with Gasteiger partial charge in [0.1, 0.15) is 0 Å². The molecule has 1 aliphatic heterocycles. The van der Waals surface area contributed by atoms with Crippen LogP contribution in [0.1, 0.15) is 12.8 Å². The summed E-state index contributed by atoms with van der Waals surface area (Å²) >= 11 is 0. The lowest BCUT2D eigenvalue weighted by Gasteiger charge is -2.41. The predicted molar refractivity (Wildman–Crippen MR) is 47.4 cm³/mol. The normalized spacial score (nSPS) is 27.3. The number of hydrogen-bond donors (Lipinski definition) is 0. The molecule has 0 aromatic rings. The lowest BCUT2D eigenvalue weighted by Crippen LogP contribution is -2.48. The van der Waals surface area contributed by atoms with Crippen molar-refractivity contribution in [3.63, 3.8) is 0 Å². The number of likely N-dealkylation sites (tertiary alicyclic amines) is 1. The van der Waals surface area contributed by atoms with Gasteiger partial charge in [0, 0.05) is 24.1 Å². The van der Waals surface area contributed by atoms with Crippen molar-refractivity contribution in [3.8, 4) is 6.07 Å². The van der Waals surface area contributed by atoms with Crippen molar-refractivity contribution in [2.75, 3.05) is 20.1 Å². The van der Waals surface area contributed by atoms with E-state index in [0.29, 0.717) is 0 Å². The van der Waals surface area contributed by atoms with Crippen LogP contribution in [-0.4, -0.2) is 25.0 Å². The molecule has 1 heterocycles. The summed E-state index contributed by atoms with van der Waals surface area (Å²) in [7, 11) is 2.13. The monoisotopic (exact) mass is 162 g/mol. The van der Waals surface area contributed by atoms with Crippen LogP contribution in [0, 0.1) is 22.7 Å². The molecular weight excluding hydrogens is 148 g/mol. The van der Waals surface area contributed by atoms with Crippen LogP contribution in [0.15, 0.2) is 12.2 Å². The van der Waals surface area contributed by atoms with Crippen molar-refractivity contribution in [1.82, 2.24) is 4.90 Å². The molecule has 0 spiro atoms. The molecule has 2 rings (SSSR count). The molecule has 0 bridgehead atoms. The van der Waals surface area contributed by atoms with Gasteiger partial charge in [-0.05, 0) is 25.8 Å². The lowest BCUT2D eigenvalue weighted by atomic mass is 9.79. The van der Waals surface area contributed by atoms with Gasteiger partial charge in [-0.3, -0.25) is 0 Å². The third-order valence-electron chi connectivity index (χ3n) is 3.37. The van der Waals surface area contributed by atoms with Gasteiger partial charge >= 0.3 is 0 Å². The van der Waals surface area contributed by atoms with Gasteiger partial charge < -0.3 is 4.90 Å². The topological polar surface area (TPSA) is 27.0 Å². The fraction of sp³-hybridized carbons (Fsp3) is 0.700. The Labute approximate surface area is 73.5 Å². The third kappa shape index (κ3) is 0.899. The Hall–Kier alpha value is -0.810. The van der Waals surface area contributed by atoms with Crippen LogP contribution in [0.4, 0.5) is 0 Å². The molecule has 1 saturated heterocycles. The maximum Gasteiger partial charge on any atom is 0.0946 e. The first-order chi connectivity index (χ1) is 5.69. The Kier molecular flexibility index (Phi) is 1.52. The maximum absolute atomic E-state index is 8.78. The molecule has 0 atom stereocenters. The van der Waals surface area contributed by atoms with E-state index in [4.69, 9.17) is 5.26 Å². The Bertz CT molecular complexity index is 252. The summed E-state index contributed by atoms with van der Waals surface area (Å²) in [5.74, 6) is 0.717. The average Bonchev–Trinajstić information content (AvgIpc) is 2.78. The molecule has 0 aromatic heterocycles. The summed E-state index contributed by atoms with van der Waals surface area (Å²) in [4.78, 5) is 2.30. The van der Waals surface area contributed by atoms with E-state index in [1.165, 1.54) is 12.8 Å². The summed E-state index contributed by atoms with van der Waals surface area (Å²) in [6.07, 6.45) is 2.38. The highest BCUT2D eigenvalue weighted by atomic mass is 15.2. The molecule has 2 nitrogen and oxygen atoms in total. The van der Waals surface area contributed by atoms with Gasteiger partial charge in [0.2, 0.25) is 0 Å². The van der Waals surface area contributed by atoms with Gasteiger partial charge in [0.15, 0.2) is 0 Å². The molecule has 0 radical (unpaired) electrons. The number of hydrogen-bond acceptors (Lipinski definition) is 2. The molecule has 1 aliphatic carbocycles. The molecule has 2 aliphatic rings. The number of allylic oxidation sites excluding steroid dienone is 1. The minimum atomic E-state index is 0.237. The largest absolute Gasteiger partial charge is 0.306 e. The van der Waals surface area contributed by atoms with E-state index >= 15 is 0 Å². The first-order valence-corrected chi connectivity index (χ1v) is 4.47. The summed E-state index contributed by atoms with van der Waals surface area (Å²) in [5, 5.41) is 8.78. The Morgan fingerprint density at radius 1 is 1.58 bits per heavy atom. The molecule has 0 amide bonds. The summed E-state index contributed by atoms with van der Waals surface area (Å²) < 4.78 is 0. The molecule has 0 aromatic carbocycles. The molecular formula is C10H14N2. The minimum absolute atomic E-state index is 0.237. The van der Waals surface area contributed by atoms with E-state index < -0.39 is 0 Å². The van der Waals surface area contributed by atoms with Gasteiger partial charge in [-0.25, -0.2) is 0 Å². The predicted octanol–water partition coefficient (Wildman–Crippen LogP) is 1.41. The van der Waals surface area contributed by atoms with Crippen molar-refractivity contribution >= 4 is 0 Å². The molecule has 64 valence electrons. The summed E-state index contributed by atoms with van der Waals surface area (Å²) in [5.41, 5.74) is 1.06. The average molecular weight is 162 g/mol. The fourth-order valence-electron chi connectivity index (χ4n) is 2.25. The minimum Gasteiger partial charge on any atom is -0.306 e. The Morgan fingerprint density at radius 3 is 2.50 bits per heavy atom. The van der Waals surface area contributed by atoms with Gasteiger partial charge in [0.05, 0.1) is 6.07 Å². The van der Waals surface area contributed by atoms with E-state index in [1.807, 2.05) is 0 Å². The summed E-state index contributed by atoms with van der Waals surface area (Å²) in [6, 6.07) is 2.22. The van der Waals surface area contributed by atoms with Crippen LogP contribution < -0.4 is 0 Å². The van der Waals surface area contributed by atoms with Crippen molar-refractivity contribution in [3.05, 3.63) is 12.2 Å².